The van der Waals surface area contributed by atoms with Gasteiger partial charge in [0.1, 0.15) is 0 Å². The summed E-state index contributed by atoms with van der Waals surface area (Å²) in [5.74, 6) is 2.22. The Labute approximate surface area is 98.9 Å². The fourth-order valence-electron chi connectivity index (χ4n) is 5.24. The second kappa shape index (κ2) is 2.93. The van der Waals surface area contributed by atoms with E-state index in [1.165, 1.54) is 18.4 Å². The van der Waals surface area contributed by atoms with Crippen LogP contribution in [0.1, 0.15) is 47.0 Å². The van der Waals surface area contributed by atoms with Gasteiger partial charge in [-0.15, -0.1) is 0 Å². The maximum atomic E-state index is 10.5. The molecule has 1 nitrogen and oxygen atoms in total. The van der Waals surface area contributed by atoms with Gasteiger partial charge in [0.15, 0.2) is 0 Å². The molecule has 0 aromatic rings. The van der Waals surface area contributed by atoms with Gasteiger partial charge in [0.25, 0.3) is 0 Å². The fraction of sp³-hybridized carbons (Fsp3) is 0.867. The molecular weight excluding hydrogens is 196 g/mol. The molecule has 5 atom stereocenters. The second-order valence-electron chi connectivity index (χ2n) is 6.96. The Kier molecular flexibility index (Phi) is 1.98. The monoisotopic (exact) mass is 220 g/mol. The van der Waals surface area contributed by atoms with E-state index in [0.717, 1.165) is 18.3 Å². The highest BCUT2D eigenvalue weighted by atomic mass is 16.3. The van der Waals surface area contributed by atoms with Gasteiger partial charge >= 0.3 is 0 Å². The van der Waals surface area contributed by atoms with Gasteiger partial charge in [-0.05, 0) is 49.4 Å². The predicted octanol–water partition coefficient (Wildman–Crippen LogP) is 3.39. The molecule has 1 N–H and O–H groups in total. The number of rotatable bonds is 0. The standard InChI is InChI=1S/C15H24O/c1-9-5-7-11-13(14(11,3)4)15(9)10(2)6-8-12(15)16/h5,10-13,16H,6-8H2,1-4H3. The summed E-state index contributed by atoms with van der Waals surface area (Å²) in [5.41, 5.74) is 2.07. The van der Waals surface area contributed by atoms with Crippen molar-refractivity contribution in [2.45, 2.75) is 53.1 Å². The molecule has 0 aromatic heterocycles. The van der Waals surface area contributed by atoms with Crippen molar-refractivity contribution in [1.29, 1.82) is 0 Å². The SMILES string of the molecule is CC1=CCC2C(C2(C)C)C12C(C)CCC2O. The molecule has 0 saturated heterocycles. The highest BCUT2D eigenvalue weighted by molar-refractivity contribution is 5.33. The topological polar surface area (TPSA) is 20.2 Å². The smallest absolute Gasteiger partial charge is 0.0639 e. The molecule has 5 unspecified atom stereocenters. The summed E-state index contributed by atoms with van der Waals surface area (Å²) in [6.45, 7) is 9.41. The van der Waals surface area contributed by atoms with Crippen molar-refractivity contribution in [2.24, 2.45) is 28.6 Å². The molecule has 0 radical (unpaired) electrons. The summed E-state index contributed by atoms with van der Waals surface area (Å²) in [6, 6.07) is 0. The molecule has 0 bridgehead atoms. The highest BCUT2D eigenvalue weighted by Gasteiger charge is 2.71. The first-order chi connectivity index (χ1) is 7.43. The van der Waals surface area contributed by atoms with Crippen LogP contribution >= 0.6 is 0 Å². The maximum Gasteiger partial charge on any atom is 0.0639 e. The third-order valence-corrected chi connectivity index (χ3v) is 6.17. The summed E-state index contributed by atoms with van der Waals surface area (Å²) in [6.07, 6.45) is 5.77. The third kappa shape index (κ3) is 0.971. The first-order valence-corrected chi connectivity index (χ1v) is 6.78. The number of aliphatic hydroxyl groups excluding tert-OH is 1. The minimum atomic E-state index is -0.0895. The van der Waals surface area contributed by atoms with Crippen LogP contribution in [0.15, 0.2) is 11.6 Å². The van der Waals surface area contributed by atoms with Crippen LogP contribution < -0.4 is 0 Å². The molecule has 3 aliphatic rings. The molecule has 1 heteroatoms. The number of hydrogen-bond donors (Lipinski definition) is 1. The molecule has 0 amide bonds. The Morgan fingerprint density at radius 3 is 2.56 bits per heavy atom. The van der Waals surface area contributed by atoms with E-state index in [9.17, 15) is 5.11 Å². The van der Waals surface area contributed by atoms with E-state index < -0.39 is 0 Å². The average molecular weight is 220 g/mol. The van der Waals surface area contributed by atoms with Gasteiger partial charge in [-0.2, -0.15) is 0 Å². The van der Waals surface area contributed by atoms with Gasteiger partial charge < -0.3 is 5.11 Å². The van der Waals surface area contributed by atoms with Crippen molar-refractivity contribution in [3.8, 4) is 0 Å². The van der Waals surface area contributed by atoms with Gasteiger partial charge in [0.2, 0.25) is 0 Å². The van der Waals surface area contributed by atoms with Gasteiger partial charge in [-0.25, -0.2) is 0 Å². The van der Waals surface area contributed by atoms with E-state index in [2.05, 4.69) is 33.8 Å². The van der Waals surface area contributed by atoms with E-state index in [-0.39, 0.29) is 11.5 Å². The molecule has 16 heavy (non-hydrogen) atoms. The van der Waals surface area contributed by atoms with Gasteiger partial charge in [-0.3, -0.25) is 0 Å². The number of allylic oxidation sites excluding steroid dienone is 1. The lowest BCUT2D eigenvalue weighted by Crippen LogP contribution is -2.41. The van der Waals surface area contributed by atoms with Crippen LogP contribution in [0.2, 0.25) is 0 Å². The summed E-state index contributed by atoms with van der Waals surface area (Å²) < 4.78 is 0. The van der Waals surface area contributed by atoms with Crippen LogP contribution in [0.3, 0.4) is 0 Å². The lowest BCUT2D eigenvalue weighted by Gasteiger charge is -2.42. The Bertz CT molecular complexity index is 342. The lowest BCUT2D eigenvalue weighted by atomic mass is 9.64. The number of fused-ring (bicyclic) bond motifs is 2. The molecule has 0 aromatic carbocycles. The quantitative estimate of drug-likeness (QED) is 0.620. The van der Waals surface area contributed by atoms with Crippen molar-refractivity contribution in [3.63, 3.8) is 0 Å². The first kappa shape index (κ1) is 10.8. The molecule has 90 valence electrons. The summed E-state index contributed by atoms with van der Waals surface area (Å²) in [4.78, 5) is 0. The Hall–Kier alpha value is -0.300. The van der Waals surface area contributed by atoms with Crippen LogP contribution in [0.4, 0.5) is 0 Å². The highest BCUT2D eigenvalue weighted by Crippen LogP contribution is 2.75. The van der Waals surface area contributed by atoms with E-state index in [1.807, 2.05) is 0 Å². The Balaban J connectivity index is 2.10. The van der Waals surface area contributed by atoms with Crippen LogP contribution in [-0.2, 0) is 0 Å². The number of aliphatic hydroxyl groups is 1. The van der Waals surface area contributed by atoms with Gasteiger partial charge in [0.05, 0.1) is 6.10 Å². The minimum absolute atomic E-state index is 0.0895. The zero-order valence-electron chi connectivity index (χ0n) is 11.0. The van der Waals surface area contributed by atoms with Crippen LogP contribution in [0, 0.1) is 28.6 Å². The summed E-state index contributed by atoms with van der Waals surface area (Å²) in [7, 11) is 0. The van der Waals surface area contributed by atoms with E-state index in [0.29, 0.717) is 11.3 Å². The maximum absolute atomic E-state index is 10.5. The molecule has 0 aliphatic heterocycles. The molecule has 1 spiro atoms. The van der Waals surface area contributed by atoms with Crippen molar-refractivity contribution in [3.05, 3.63) is 11.6 Å². The fourth-order valence-corrected chi connectivity index (χ4v) is 5.24. The second-order valence-corrected chi connectivity index (χ2v) is 6.96. The van der Waals surface area contributed by atoms with Crippen molar-refractivity contribution in [2.75, 3.05) is 0 Å². The van der Waals surface area contributed by atoms with Crippen LogP contribution in [0.25, 0.3) is 0 Å². The van der Waals surface area contributed by atoms with E-state index >= 15 is 0 Å². The van der Waals surface area contributed by atoms with Crippen molar-refractivity contribution in [1.82, 2.24) is 0 Å². The molecule has 0 heterocycles. The summed E-state index contributed by atoms with van der Waals surface area (Å²) in [5, 5.41) is 10.5. The van der Waals surface area contributed by atoms with Crippen LogP contribution in [-0.4, -0.2) is 11.2 Å². The molecular formula is C15H24O. The largest absolute Gasteiger partial charge is 0.392 e. The molecule has 3 aliphatic carbocycles. The Morgan fingerprint density at radius 2 is 2.00 bits per heavy atom. The zero-order chi connectivity index (χ0) is 11.7. The lowest BCUT2D eigenvalue weighted by molar-refractivity contribution is 0.0257. The minimum Gasteiger partial charge on any atom is -0.392 e. The molecule has 2 saturated carbocycles. The zero-order valence-corrected chi connectivity index (χ0v) is 11.0. The van der Waals surface area contributed by atoms with Crippen molar-refractivity contribution < 1.29 is 5.11 Å². The average Bonchev–Trinajstić information content (AvgIpc) is 2.66. The Morgan fingerprint density at radius 1 is 1.31 bits per heavy atom. The third-order valence-electron chi connectivity index (χ3n) is 6.17. The predicted molar refractivity (Wildman–Crippen MR) is 66.0 cm³/mol. The number of hydrogen-bond acceptors (Lipinski definition) is 1. The normalized spacial score (nSPS) is 53.7. The van der Waals surface area contributed by atoms with E-state index in [1.54, 1.807) is 0 Å². The van der Waals surface area contributed by atoms with Gasteiger partial charge in [0, 0.05) is 5.41 Å². The van der Waals surface area contributed by atoms with Gasteiger partial charge in [-0.1, -0.05) is 32.4 Å². The summed E-state index contributed by atoms with van der Waals surface area (Å²) >= 11 is 0. The molecule has 3 rings (SSSR count). The van der Waals surface area contributed by atoms with Crippen molar-refractivity contribution >= 4 is 0 Å². The first-order valence-electron chi connectivity index (χ1n) is 6.78. The van der Waals surface area contributed by atoms with E-state index in [4.69, 9.17) is 0 Å². The van der Waals surface area contributed by atoms with Crippen LogP contribution in [0.5, 0.6) is 0 Å². The molecule has 2 fully saturated rings.